The minimum absolute atomic E-state index is 0.0121. The third-order valence-corrected chi connectivity index (χ3v) is 5.44. The van der Waals surface area contributed by atoms with E-state index in [1.54, 1.807) is 0 Å². The summed E-state index contributed by atoms with van der Waals surface area (Å²) in [6.45, 7) is 5.31. The molecule has 2 atom stereocenters. The highest BCUT2D eigenvalue weighted by molar-refractivity contribution is 5.78. The number of rotatable bonds is 5. The zero-order valence-electron chi connectivity index (χ0n) is 14.4. The van der Waals surface area contributed by atoms with E-state index < -0.39 is 11.4 Å². The van der Waals surface area contributed by atoms with Crippen LogP contribution in [-0.2, 0) is 11.3 Å². The van der Waals surface area contributed by atoms with E-state index in [0.717, 1.165) is 42.9 Å². The number of hydrogen-bond donors (Lipinski definition) is 1. The van der Waals surface area contributed by atoms with Crippen LogP contribution in [-0.4, -0.2) is 52.0 Å². The molecule has 2 aliphatic heterocycles. The Hall–Kier alpha value is -2.34. The average Bonchev–Trinajstić information content (AvgIpc) is 3.19. The summed E-state index contributed by atoms with van der Waals surface area (Å²) in [5, 5.41) is 14.2. The van der Waals surface area contributed by atoms with Gasteiger partial charge in [0.15, 0.2) is 0 Å². The van der Waals surface area contributed by atoms with Crippen LogP contribution in [0.15, 0.2) is 36.7 Å². The molecule has 132 valence electrons. The zero-order valence-corrected chi connectivity index (χ0v) is 14.4. The number of aryl methyl sites for hydroxylation is 2. The van der Waals surface area contributed by atoms with E-state index in [0.29, 0.717) is 6.54 Å². The van der Waals surface area contributed by atoms with Crippen LogP contribution in [0.25, 0.3) is 0 Å². The molecule has 1 saturated heterocycles. The maximum atomic E-state index is 12.1. The predicted molar refractivity (Wildman–Crippen MR) is 92.8 cm³/mol. The monoisotopic (exact) mass is 341 g/mol. The minimum Gasteiger partial charge on any atom is -0.492 e. The molecule has 6 heteroatoms. The molecule has 0 bridgehead atoms. The van der Waals surface area contributed by atoms with Gasteiger partial charge in [0.05, 0.1) is 6.20 Å². The Morgan fingerprint density at radius 2 is 2.24 bits per heavy atom. The van der Waals surface area contributed by atoms with Crippen molar-refractivity contribution in [1.29, 1.82) is 0 Å². The predicted octanol–water partition coefficient (Wildman–Crippen LogP) is 2.14. The summed E-state index contributed by atoms with van der Waals surface area (Å²) < 4.78 is 7.75. The van der Waals surface area contributed by atoms with Crippen LogP contribution in [0.4, 0.5) is 0 Å². The molecule has 1 fully saturated rings. The van der Waals surface area contributed by atoms with Crippen LogP contribution in [0, 0.1) is 12.3 Å². The zero-order chi connectivity index (χ0) is 17.4. The van der Waals surface area contributed by atoms with Crippen molar-refractivity contribution < 1.29 is 14.6 Å². The number of ether oxygens (including phenoxy) is 1. The first-order valence-electron chi connectivity index (χ1n) is 8.75. The van der Waals surface area contributed by atoms with Gasteiger partial charge in [-0.1, -0.05) is 18.2 Å². The number of nitrogens with zero attached hydrogens (tertiary/aromatic N) is 3. The summed E-state index contributed by atoms with van der Waals surface area (Å²) in [4.78, 5) is 14.4. The van der Waals surface area contributed by atoms with E-state index in [4.69, 9.17) is 4.74 Å². The lowest BCUT2D eigenvalue weighted by Gasteiger charge is -2.35. The lowest BCUT2D eigenvalue weighted by Crippen LogP contribution is -2.45. The van der Waals surface area contributed by atoms with Crippen molar-refractivity contribution in [1.82, 2.24) is 14.7 Å². The third-order valence-electron chi connectivity index (χ3n) is 5.44. The molecule has 0 amide bonds. The fourth-order valence-corrected chi connectivity index (χ4v) is 4.15. The SMILES string of the molecule is Cc1cnn(CCCN2C[C@@H]3c4ccccc4OC[C@]3(C(=O)O)C2)c1. The highest BCUT2D eigenvalue weighted by Gasteiger charge is 2.56. The van der Waals surface area contributed by atoms with E-state index in [9.17, 15) is 9.90 Å². The van der Waals surface area contributed by atoms with Gasteiger partial charge in [-0.3, -0.25) is 9.48 Å². The minimum atomic E-state index is -0.837. The van der Waals surface area contributed by atoms with Gasteiger partial charge in [-0.25, -0.2) is 0 Å². The first kappa shape index (κ1) is 16.1. The van der Waals surface area contributed by atoms with Crippen molar-refractivity contribution in [2.24, 2.45) is 5.41 Å². The molecule has 0 spiro atoms. The van der Waals surface area contributed by atoms with E-state index in [2.05, 4.69) is 10.00 Å². The van der Waals surface area contributed by atoms with Gasteiger partial charge in [0, 0.05) is 31.7 Å². The smallest absolute Gasteiger partial charge is 0.315 e. The number of para-hydroxylation sites is 1. The molecule has 0 saturated carbocycles. The van der Waals surface area contributed by atoms with E-state index in [-0.39, 0.29) is 12.5 Å². The molecule has 1 aromatic carbocycles. The molecule has 2 aromatic rings. The summed E-state index contributed by atoms with van der Waals surface area (Å²) in [5.74, 6) is 0.0670. The fraction of sp³-hybridized carbons (Fsp3) is 0.474. The quantitative estimate of drug-likeness (QED) is 0.902. The van der Waals surface area contributed by atoms with Crippen LogP contribution in [0.5, 0.6) is 5.75 Å². The van der Waals surface area contributed by atoms with Crippen LogP contribution < -0.4 is 4.74 Å². The maximum absolute atomic E-state index is 12.1. The van der Waals surface area contributed by atoms with Gasteiger partial charge >= 0.3 is 5.97 Å². The Balaban J connectivity index is 1.47. The number of carboxylic acids is 1. The van der Waals surface area contributed by atoms with Crippen LogP contribution in [0.2, 0.25) is 0 Å². The number of carbonyl (C=O) groups is 1. The first-order valence-corrected chi connectivity index (χ1v) is 8.75. The van der Waals surface area contributed by atoms with Gasteiger partial charge in [-0.15, -0.1) is 0 Å². The molecule has 0 unspecified atom stereocenters. The number of aromatic nitrogens is 2. The van der Waals surface area contributed by atoms with Crippen molar-refractivity contribution in [2.75, 3.05) is 26.2 Å². The molecule has 0 radical (unpaired) electrons. The topological polar surface area (TPSA) is 67.6 Å². The van der Waals surface area contributed by atoms with Crippen LogP contribution in [0.3, 0.4) is 0 Å². The third kappa shape index (κ3) is 2.80. The number of carboxylic acid groups (broad SMARTS) is 1. The molecule has 6 nitrogen and oxygen atoms in total. The van der Waals surface area contributed by atoms with Crippen molar-refractivity contribution >= 4 is 5.97 Å². The van der Waals surface area contributed by atoms with Crippen LogP contribution >= 0.6 is 0 Å². The lowest BCUT2D eigenvalue weighted by atomic mass is 9.73. The summed E-state index contributed by atoms with van der Waals surface area (Å²) in [6.07, 6.45) is 4.84. The second-order valence-corrected chi connectivity index (χ2v) is 7.21. The van der Waals surface area contributed by atoms with Gasteiger partial charge in [0.25, 0.3) is 0 Å². The molecule has 4 rings (SSSR count). The standard InChI is InChI=1S/C19H23N3O3/c1-14-9-20-22(10-14)8-4-7-21-11-16-15-5-2-3-6-17(15)25-13-19(16,12-21)18(23)24/h2-3,5-6,9-10,16H,4,7-8,11-13H2,1H3,(H,23,24)/t16-,19-/m1/s1. The highest BCUT2D eigenvalue weighted by atomic mass is 16.5. The molecular formula is C19H23N3O3. The van der Waals surface area contributed by atoms with Crippen molar-refractivity contribution in [3.8, 4) is 5.75 Å². The van der Waals surface area contributed by atoms with E-state index in [1.165, 1.54) is 0 Å². The van der Waals surface area contributed by atoms with Gasteiger partial charge in [0.2, 0.25) is 0 Å². The van der Waals surface area contributed by atoms with Gasteiger partial charge < -0.3 is 14.7 Å². The fourth-order valence-electron chi connectivity index (χ4n) is 4.15. The molecule has 1 aromatic heterocycles. The Bertz CT molecular complexity index is 788. The summed E-state index contributed by atoms with van der Waals surface area (Å²) in [7, 11) is 0. The Morgan fingerprint density at radius 1 is 1.40 bits per heavy atom. The summed E-state index contributed by atoms with van der Waals surface area (Å²) >= 11 is 0. The van der Waals surface area contributed by atoms with E-state index in [1.807, 2.05) is 48.3 Å². The number of likely N-dealkylation sites (tertiary alicyclic amines) is 1. The summed E-state index contributed by atoms with van der Waals surface area (Å²) in [6, 6.07) is 7.84. The highest BCUT2D eigenvalue weighted by Crippen LogP contribution is 2.49. The Labute approximate surface area is 147 Å². The number of aliphatic carboxylic acids is 1. The molecule has 25 heavy (non-hydrogen) atoms. The molecule has 0 aliphatic carbocycles. The van der Waals surface area contributed by atoms with Gasteiger partial charge in [-0.05, 0) is 37.1 Å². The van der Waals surface area contributed by atoms with Crippen molar-refractivity contribution in [3.05, 3.63) is 47.8 Å². The second kappa shape index (κ2) is 6.19. The number of hydrogen-bond acceptors (Lipinski definition) is 4. The maximum Gasteiger partial charge on any atom is 0.315 e. The first-order chi connectivity index (χ1) is 12.1. The van der Waals surface area contributed by atoms with Crippen LogP contribution in [0.1, 0.15) is 23.5 Å². The van der Waals surface area contributed by atoms with Crippen molar-refractivity contribution in [3.63, 3.8) is 0 Å². The normalized spacial score (nSPS) is 25.2. The Morgan fingerprint density at radius 3 is 3.00 bits per heavy atom. The second-order valence-electron chi connectivity index (χ2n) is 7.21. The molecular weight excluding hydrogens is 318 g/mol. The lowest BCUT2D eigenvalue weighted by molar-refractivity contribution is -0.151. The van der Waals surface area contributed by atoms with E-state index >= 15 is 0 Å². The number of benzene rings is 1. The Kier molecular flexibility index (Phi) is 4.00. The van der Waals surface area contributed by atoms with Gasteiger partial charge in [-0.2, -0.15) is 5.10 Å². The van der Waals surface area contributed by atoms with Crippen molar-refractivity contribution in [2.45, 2.75) is 25.8 Å². The number of fused-ring (bicyclic) bond motifs is 3. The largest absolute Gasteiger partial charge is 0.492 e. The molecule has 2 aliphatic rings. The summed E-state index contributed by atoms with van der Waals surface area (Å²) in [5.41, 5.74) is 1.35. The average molecular weight is 341 g/mol. The molecule has 3 heterocycles. The van der Waals surface area contributed by atoms with Gasteiger partial charge in [0.1, 0.15) is 17.8 Å². The molecule has 1 N–H and O–H groups in total.